The van der Waals surface area contributed by atoms with Gasteiger partial charge in [-0.15, -0.1) is 11.3 Å². The SMILES string of the molecule is CC(CC/C=C/c1cc(Br)cs1)C(=O)O. The lowest BCUT2D eigenvalue weighted by molar-refractivity contribution is -0.141. The van der Waals surface area contributed by atoms with Crippen molar-refractivity contribution in [1.29, 1.82) is 0 Å². The van der Waals surface area contributed by atoms with Crippen LogP contribution in [0.25, 0.3) is 6.08 Å². The van der Waals surface area contributed by atoms with E-state index in [4.69, 9.17) is 5.11 Å². The van der Waals surface area contributed by atoms with E-state index in [1.54, 1.807) is 18.3 Å². The fourth-order valence-electron chi connectivity index (χ4n) is 1.08. The molecule has 1 rings (SSSR count). The summed E-state index contributed by atoms with van der Waals surface area (Å²) in [5, 5.41) is 10.7. The van der Waals surface area contributed by atoms with Gasteiger partial charge in [0.15, 0.2) is 0 Å². The lowest BCUT2D eigenvalue weighted by atomic mass is 10.1. The van der Waals surface area contributed by atoms with Crippen LogP contribution in [0.3, 0.4) is 0 Å². The summed E-state index contributed by atoms with van der Waals surface area (Å²) >= 11 is 5.05. The van der Waals surface area contributed by atoms with Crippen LogP contribution in [-0.2, 0) is 4.79 Å². The highest BCUT2D eigenvalue weighted by Crippen LogP contribution is 2.21. The maximum Gasteiger partial charge on any atom is 0.306 e. The summed E-state index contributed by atoms with van der Waals surface area (Å²) in [7, 11) is 0. The summed E-state index contributed by atoms with van der Waals surface area (Å²) < 4.78 is 1.09. The molecule has 1 atom stereocenters. The second-order valence-corrected chi connectivity index (χ2v) is 5.24. The molecule has 0 spiro atoms. The molecular weight excluding hydrogens is 276 g/mol. The fraction of sp³-hybridized carbons (Fsp3) is 0.364. The van der Waals surface area contributed by atoms with Gasteiger partial charge in [-0.25, -0.2) is 0 Å². The van der Waals surface area contributed by atoms with Crippen LogP contribution in [0.4, 0.5) is 0 Å². The molecule has 0 aliphatic rings. The minimum atomic E-state index is -0.720. The Morgan fingerprint density at radius 1 is 1.73 bits per heavy atom. The molecule has 4 heteroatoms. The molecule has 0 fully saturated rings. The fourth-order valence-corrected chi connectivity index (χ4v) is 2.45. The zero-order valence-corrected chi connectivity index (χ0v) is 10.8. The molecule has 1 aromatic heterocycles. The first-order chi connectivity index (χ1) is 7.09. The van der Waals surface area contributed by atoms with Crippen molar-refractivity contribution in [3.05, 3.63) is 26.9 Å². The Hall–Kier alpha value is -0.610. The predicted octanol–water partition coefficient (Wildman–Crippen LogP) is 4.02. The highest BCUT2D eigenvalue weighted by atomic mass is 79.9. The number of aliphatic carboxylic acids is 1. The van der Waals surface area contributed by atoms with Gasteiger partial charge in [-0.2, -0.15) is 0 Å². The van der Waals surface area contributed by atoms with E-state index in [0.717, 1.165) is 10.9 Å². The minimum absolute atomic E-state index is 0.260. The third kappa shape index (κ3) is 4.62. The number of hydrogen-bond acceptors (Lipinski definition) is 2. The summed E-state index contributed by atoms with van der Waals surface area (Å²) in [5.74, 6) is -0.980. The molecule has 0 saturated carbocycles. The van der Waals surface area contributed by atoms with Gasteiger partial charge in [0.1, 0.15) is 0 Å². The van der Waals surface area contributed by atoms with Crippen molar-refractivity contribution >= 4 is 39.3 Å². The smallest absolute Gasteiger partial charge is 0.306 e. The van der Waals surface area contributed by atoms with Gasteiger partial charge in [-0.3, -0.25) is 4.79 Å². The van der Waals surface area contributed by atoms with Crippen molar-refractivity contribution in [3.8, 4) is 0 Å². The summed E-state index contributed by atoms with van der Waals surface area (Å²) in [5.41, 5.74) is 0. The monoisotopic (exact) mass is 288 g/mol. The first-order valence-electron chi connectivity index (χ1n) is 4.73. The Morgan fingerprint density at radius 2 is 2.47 bits per heavy atom. The van der Waals surface area contributed by atoms with Gasteiger partial charge in [0, 0.05) is 14.7 Å². The van der Waals surface area contributed by atoms with Crippen molar-refractivity contribution in [3.63, 3.8) is 0 Å². The number of thiophene rings is 1. The minimum Gasteiger partial charge on any atom is -0.481 e. The number of allylic oxidation sites excluding steroid dienone is 1. The number of halogens is 1. The summed E-state index contributed by atoms with van der Waals surface area (Å²) in [6, 6.07) is 2.04. The van der Waals surface area contributed by atoms with E-state index in [0.29, 0.717) is 6.42 Å². The lowest BCUT2D eigenvalue weighted by Gasteiger charge is -2.01. The van der Waals surface area contributed by atoms with Crippen LogP contribution in [0.1, 0.15) is 24.6 Å². The van der Waals surface area contributed by atoms with Gasteiger partial charge in [-0.1, -0.05) is 13.0 Å². The normalized spacial score (nSPS) is 13.2. The van der Waals surface area contributed by atoms with E-state index >= 15 is 0 Å². The average molecular weight is 289 g/mol. The molecule has 1 aromatic rings. The van der Waals surface area contributed by atoms with Crippen molar-refractivity contribution in [2.45, 2.75) is 19.8 Å². The lowest BCUT2D eigenvalue weighted by Crippen LogP contribution is -2.08. The van der Waals surface area contributed by atoms with Gasteiger partial charge in [0.05, 0.1) is 5.92 Å². The van der Waals surface area contributed by atoms with Crippen molar-refractivity contribution < 1.29 is 9.90 Å². The summed E-state index contributed by atoms with van der Waals surface area (Å²) in [4.78, 5) is 11.7. The van der Waals surface area contributed by atoms with Gasteiger partial charge >= 0.3 is 5.97 Å². The van der Waals surface area contributed by atoms with E-state index < -0.39 is 5.97 Å². The summed E-state index contributed by atoms with van der Waals surface area (Å²) in [6.45, 7) is 1.73. The van der Waals surface area contributed by atoms with Gasteiger partial charge in [0.2, 0.25) is 0 Å². The number of carboxylic acid groups (broad SMARTS) is 1. The third-order valence-electron chi connectivity index (χ3n) is 2.06. The molecule has 0 aliphatic carbocycles. The average Bonchev–Trinajstić information content (AvgIpc) is 2.58. The molecule has 2 nitrogen and oxygen atoms in total. The number of carboxylic acids is 1. The standard InChI is InChI=1S/C11H13BrO2S/c1-8(11(13)14)4-2-3-5-10-6-9(12)7-15-10/h3,5-8H,2,4H2,1H3,(H,13,14)/b5-3+. The van der Waals surface area contributed by atoms with E-state index in [9.17, 15) is 4.79 Å². The molecule has 1 N–H and O–H groups in total. The Kier molecular flexibility index (Phi) is 5.05. The molecular formula is C11H13BrO2S. The highest BCUT2D eigenvalue weighted by molar-refractivity contribution is 9.10. The third-order valence-corrected chi connectivity index (χ3v) is 3.72. The van der Waals surface area contributed by atoms with Crippen molar-refractivity contribution in [2.24, 2.45) is 5.92 Å². The molecule has 15 heavy (non-hydrogen) atoms. The van der Waals surface area contributed by atoms with E-state index in [2.05, 4.69) is 15.9 Å². The first-order valence-corrected chi connectivity index (χ1v) is 6.40. The topological polar surface area (TPSA) is 37.3 Å². The van der Waals surface area contributed by atoms with E-state index in [1.807, 2.05) is 23.6 Å². The molecule has 0 bridgehead atoms. The van der Waals surface area contributed by atoms with Crippen LogP contribution >= 0.6 is 27.3 Å². The van der Waals surface area contributed by atoms with Crippen LogP contribution in [0.5, 0.6) is 0 Å². The molecule has 0 amide bonds. The number of rotatable bonds is 5. The Bertz CT molecular complexity index is 357. The molecule has 82 valence electrons. The zero-order valence-electron chi connectivity index (χ0n) is 8.44. The first kappa shape index (κ1) is 12.5. The van der Waals surface area contributed by atoms with Crippen LogP contribution in [0.15, 0.2) is 22.0 Å². The number of hydrogen-bond donors (Lipinski definition) is 1. The van der Waals surface area contributed by atoms with E-state index in [-0.39, 0.29) is 5.92 Å². The predicted molar refractivity (Wildman–Crippen MR) is 67.1 cm³/mol. The van der Waals surface area contributed by atoms with Crippen molar-refractivity contribution in [1.82, 2.24) is 0 Å². The van der Waals surface area contributed by atoms with Crippen LogP contribution in [0.2, 0.25) is 0 Å². The zero-order chi connectivity index (χ0) is 11.3. The Labute approximate surface area is 102 Å². The molecule has 0 aliphatic heterocycles. The van der Waals surface area contributed by atoms with Crippen molar-refractivity contribution in [2.75, 3.05) is 0 Å². The second kappa shape index (κ2) is 6.08. The van der Waals surface area contributed by atoms with E-state index in [1.165, 1.54) is 4.88 Å². The molecule has 1 heterocycles. The quantitative estimate of drug-likeness (QED) is 0.888. The number of carbonyl (C=O) groups is 1. The maximum atomic E-state index is 10.5. The molecule has 0 saturated heterocycles. The van der Waals surface area contributed by atoms with Crippen LogP contribution in [-0.4, -0.2) is 11.1 Å². The summed E-state index contributed by atoms with van der Waals surface area (Å²) in [6.07, 6.45) is 5.56. The Balaban J connectivity index is 2.31. The van der Waals surface area contributed by atoms with Crippen LogP contribution in [0, 0.1) is 5.92 Å². The second-order valence-electron chi connectivity index (χ2n) is 3.39. The molecule has 0 radical (unpaired) electrons. The van der Waals surface area contributed by atoms with Gasteiger partial charge < -0.3 is 5.11 Å². The Morgan fingerprint density at radius 3 is 3.00 bits per heavy atom. The van der Waals surface area contributed by atoms with Gasteiger partial charge in [-0.05, 0) is 40.9 Å². The highest BCUT2D eigenvalue weighted by Gasteiger charge is 2.08. The largest absolute Gasteiger partial charge is 0.481 e. The van der Waals surface area contributed by atoms with Gasteiger partial charge in [0.25, 0.3) is 0 Å². The van der Waals surface area contributed by atoms with Crippen LogP contribution < -0.4 is 0 Å². The maximum absolute atomic E-state index is 10.5. The molecule has 0 aromatic carbocycles. The molecule has 1 unspecified atom stereocenters.